The lowest BCUT2D eigenvalue weighted by Crippen LogP contribution is -2.38. The molecule has 0 aliphatic carbocycles. The van der Waals surface area contributed by atoms with Crippen LogP contribution in [0.25, 0.3) is 11.1 Å². The van der Waals surface area contributed by atoms with Crippen LogP contribution >= 0.6 is 0 Å². The normalized spacial score (nSPS) is 14.3. The Morgan fingerprint density at radius 2 is 1.67 bits per heavy atom. The number of hydrogen-bond acceptors (Lipinski definition) is 7. The number of nitrogens with zero attached hydrogens (tertiary/aromatic N) is 3. The van der Waals surface area contributed by atoms with E-state index in [0.29, 0.717) is 30.2 Å². The molecule has 1 N–H and O–H groups in total. The van der Waals surface area contributed by atoms with E-state index in [1.165, 1.54) is 12.1 Å². The molecule has 1 aliphatic rings. The Bertz CT molecular complexity index is 1450. The highest BCUT2D eigenvalue weighted by atomic mass is 19.1. The number of benzene rings is 2. The maximum Gasteiger partial charge on any atom is 0.310 e. The van der Waals surface area contributed by atoms with E-state index in [9.17, 15) is 14.4 Å². The van der Waals surface area contributed by atoms with E-state index in [1.807, 2.05) is 45.0 Å². The number of aryl methyl sites for hydroxylation is 1. The van der Waals surface area contributed by atoms with Gasteiger partial charge >= 0.3 is 5.97 Å². The van der Waals surface area contributed by atoms with Crippen LogP contribution in [-0.4, -0.2) is 47.5 Å². The molecular formula is C37H48FN3O4. The Hall–Kier alpha value is -3.96. The van der Waals surface area contributed by atoms with Crippen molar-refractivity contribution in [3.8, 4) is 22.9 Å². The summed E-state index contributed by atoms with van der Waals surface area (Å²) in [5.74, 6) is 0.140. The largest absolute Gasteiger partial charge is 0.493 e. The molecular weight excluding hydrogens is 569 g/mol. The van der Waals surface area contributed by atoms with Crippen LogP contribution in [0.4, 0.5) is 10.1 Å². The molecule has 0 amide bonds. The van der Waals surface area contributed by atoms with Gasteiger partial charge in [0.25, 0.3) is 0 Å². The van der Waals surface area contributed by atoms with Gasteiger partial charge in [0.1, 0.15) is 17.6 Å². The fourth-order valence-electron chi connectivity index (χ4n) is 5.08. The zero-order valence-electron chi connectivity index (χ0n) is 28.0. The van der Waals surface area contributed by atoms with Gasteiger partial charge in [-0.25, -0.2) is 9.37 Å². The van der Waals surface area contributed by atoms with E-state index in [0.717, 1.165) is 53.9 Å². The summed E-state index contributed by atoms with van der Waals surface area (Å²) in [6.07, 6.45) is 2.55. The van der Waals surface area contributed by atoms with Crippen molar-refractivity contribution in [3.63, 3.8) is 0 Å². The minimum Gasteiger partial charge on any atom is -0.493 e. The van der Waals surface area contributed by atoms with Crippen LogP contribution in [0.3, 0.4) is 0 Å². The SMILES string of the molecule is CC(C)(C)O.Cc1nc(C#N)c(-c2ccc(OCCc3ccc(F)cc3)cc2)c(N2CCC(C)(C)CC2)c1CC(=O)OC(C)C. The van der Waals surface area contributed by atoms with E-state index in [1.54, 1.807) is 32.9 Å². The zero-order valence-corrected chi connectivity index (χ0v) is 28.0. The number of anilines is 1. The van der Waals surface area contributed by atoms with E-state index in [-0.39, 0.29) is 29.7 Å². The van der Waals surface area contributed by atoms with Gasteiger partial charge in [-0.15, -0.1) is 0 Å². The van der Waals surface area contributed by atoms with Gasteiger partial charge in [-0.3, -0.25) is 4.79 Å². The predicted octanol–water partition coefficient (Wildman–Crippen LogP) is 7.59. The second kappa shape index (κ2) is 15.4. The molecule has 3 aromatic rings. The number of aliphatic hydroxyl groups is 1. The molecule has 1 saturated heterocycles. The van der Waals surface area contributed by atoms with Crippen molar-refractivity contribution >= 4 is 11.7 Å². The van der Waals surface area contributed by atoms with Gasteiger partial charge in [0.2, 0.25) is 0 Å². The number of piperidine rings is 1. The van der Waals surface area contributed by atoms with Crippen molar-refractivity contribution in [2.45, 2.75) is 92.8 Å². The number of rotatable bonds is 9. The molecule has 7 nitrogen and oxygen atoms in total. The highest BCUT2D eigenvalue weighted by Gasteiger charge is 2.31. The van der Waals surface area contributed by atoms with Gasteiger partial charge in [-0.05, 0) is 95.2 Å². The molecule has 4 rings (SSSR count). The molecule has 8 heteroatoms. The summed E-state index contributed by atoms with van der Waals surface area (Å²) in [6.45, 7) is 17.4. The molecule has 0 bridgehead atoms. The smallest absolute Gasteiger partial charge is 0.310 e. The van der Waals surface area contributed by atoms with E-state index >= 15 is 0 Å². The molecule has 0 radical (unpaired) electrons. The van der Waals surface area contributed by atoms with Crippen LogP contribution in [0.15, 0.2) is 48.5 Å². The number of carbonyl (C=O) groups excluding carboxylic acids is 1. The van der Waals surface area contributed by atoms with Gasteiger partial charge in [-0.1, -0.05) is 38.1 Å². The van der Waals surface area contributed by atoms with Crippen LogP contribution in [-0.2, 0) is 22.4 Å². The lowest BCUT2D eigenvalue weighted by molar-refractivity contribution is -0.146. The number of hydrogen-bond donors (Lipinski definition) is 1. The van der Waals surface area contributed by atoms with E-state index < -0.39 is 5.60 Å². The summed E-state index contributed by atoms with van der Waals surface area (Å²) in [4.78, 5) is 19.8. The molecule has 0 saturated carbocycles. The third kappa shape index (κ3) is 11.2. The summed E-state index contributed by atoms with van der Waals surface area (Å²) in [7, 11) is 0. The molecule has 0 unspecified atom stereocenters. The second-order valence-corrected chi connectivity index (χ2v) is 13.6. The molecule has 0 spiro atoms. The van der Waals surface area contributed by atoms with Crippen LogP contribution < -0.4 is 9.64 Å². The molecule has 45 heavy (non-hydrogen) atoms. The third-order valence-electron chi connectivity index (χ3n) is 7.42. The van der Waals surface area contributed by atoms with Crippen LogP contribution in [0.2, 0.25) is 0 Å². The Morgan fingerprint density at radius 1 is 1.09 bits per heavy atom. The second-order valence-electron chi connectivity index (χ2n) is 13.6. The fourth-order valence-corrected chi connectivity index (χ4v) is 5.08. The van der Waals surface area contributed by atoms with Crippen molar-refractivity contribution in [2.24, 2.45) is 5.41 Å². The van der Waals surface area contributed by atoms with Gasteiger partial charge in [0.15, 0.2) is 5.69 Å². The Balaban J connectivity index is 0.00000102. The Kier molecular flexibility index (Phi) is 12.1. The predicted molar refractivity (Wildman–Crippen MR) is 177 cm³/mol. The molecule has 242 valence electrons. The van der Waals surface area contributed by atoms with Crippen molar-refractivity contribution in [1.82, 2.24) is 4.98 Å². The standard InChI is InChI=1S/C33H38FN3O3.C4H10O/c1-22(2)40-30(38)20-28-23(3)36-29(21-35)31(32(28)37-17-15-33(4,5)16-18-37)25-8-12-27(13-9-25)39-19-14-24-6-10-26(34)11-7-24;1-4(2,3)5/h6-13,22H,14-20H2,1-5H3;5H,1-3H3. The Morgan fingerprint density at radius 3 is 2.20 bits per heavy atom. The average molecular weight is 618 g/mol. The van der Waals surface area contributed by atoms with Crippen molar-refractivity contribution in [1.29, 1.82) is 5.26 Å². The fraction of sp³-hybridized carbons (Fsp3) is 0.486. The highest BCUT2D eigenvalue weighted by Crippen LogP contribution is 2.42. The number of nitriles is 1. The summed E-state index contributed by atoms with van der Waals surface area (Å²) in [5, 5.41) is 18.6. The third-order valence-corrected chi connectivity index (χ3v) is 7.42. The summed E-state index contributed by atoms with van der Waals surface area (Å²) in [5.41, 5.74) is 5.01. The lowest BCUT2D eigenvalue weighted by Gasteiger charge is -2.40. The Labute approximate surface area is 268 Å². The molecule has 0 atom stereocenters. The maximum atomic E-state index is 13.2. The van der Waals surface area contributed by atoms with Gasteiger partial charge < -0.3 is 19.5 Å². The molecule has 1 aromatic heterocycles. The lowest BCUT2D eigenvalue weighted by atomic mass is 9.82. The first-order valence-electron chi connectivity index (χ1n) is 15.6. The summed E-state index contributed by atoms with van der Waals surface area (Å²) in [6, 6.07) is 16.4. The number of halogens is 1. The summed E-state index contributed by atoms with van der Waals surface area (Å²) < 4.78 is 24.6. The van der Waals surface area contributed by atoms with Crippen LogP contribution in [0.1, 0.15) is 83.8 Å². The van der Waals surface area contributed by atoms with Crippen LogP contribution in [0.5, 0.6) is 5.75 Å². The van der Waals surface area contributed by atoms with E-state index in [4.69, 9.17) is 14.6 Å². The maximum absolute atomic E-state index is 13.2. The topological polar surface area (TPSA) is 95.7 Å². The molecule has 1 aliphatic heterocycles. The minimum absolute atomic E-state index is 0.0928. The molecule has 2 aromatic carbocycles. The average Bonchev–Trinajstić information content (AvgIpc) is 2.94. The number of carbonyl (C=O) groups is 1. The monoisotopic (exact) mass is 617 g/mol. The number of aromatic nitrogens is 1. The quantitative estimate of drug-likeness (QED) is 0.247. The van der Waals surface area contributed by atoms with Gasteiger partial charge in [-0.2, -0.15) is 5.26 Å². The van der Waals surface area contributed by atoms with Crippen molar-refractivity contribution in [3.05, 3.63) is 76.9 Å². The first kappa shape index (κ1) is 35.5. The van der Waals surface area contributed by atoms with Gasteiger partial charge in [0.05, 0.1) is 30.4 Å². The number of pyridine rings is 1. The summed E-state index contributed by atoms with van der Waals surface area (Å²) >= 11 is 0. The van der Waals surface area contributed by atoms with E-state index in [2.05, 4.69) is 29.8 Å². The van der Waals surface area contributed by atoms with Gasteiger partial charge in [0, 0.05) is 36.3 Å². The number of ether oxygens (including phenoxy) is 2. The van der Waals surface area contributed by atoms with Crippen LogP contribution in [0, 0.1) is 29.5 Å². The minimum atomic E-state index is -0.500. The molecule has 1 fully saturated rings. The number of esters is 1. The first-order chi connectivity index (χ1) is 21.1. The first-order valence-corrected chi connectivity index (χ1v) is 15.6. The van der Waals surface area contributed by atoms with Crippen molar-refractivity contribution < 1.29 is 23.8 Å². The molecule has 2 heterocycles. The zero-order chi connectivity index (χ0) is 33.4. The highest BCUT2D eigenvalue weighted by molar-refractivity contribution is 5.88. The van der Waals surface area contributed by atoms with Crippen molar-refractivity contribution in [2.75, 3.05) is 24.6 Å².